The zero-order valence-corrected chi connectivity index (χ0v) is 9.31. The maximum atomic E-state index is 11.6. The van der Waals surface area contributed by atoms with Crippen LogP contribution < -0.4 is 0 Å². The van der Waals surface area contributed by atoms with Crippen molar-refractivity contribution in [1.82, 2.24) is 4.98 Å². The van der Waals surface area contributed by atoms with Gasteiger partial charge in [-0.3, -0.25) is 4.79 Å². The molecule has 0 aliphatic rings. The van der Waals surface area contributed by atoms with Gasteiger partial charge in [-0.2, -0.15) is 0 Å². The molecule has 0 bridgehead atoms. The van der Waals surface area contributed by atoms with Gasteiger partial charge in [0, 0.05) is 11.9 Å². The average Bonchev–Trinajstić information content (AvgIpc) is 2.84. The second kappa shape index (κ2) is 4.47. The predicted molar refractivity (Wildman–Crippen MR) is 63.5 cm³/mol. The molecule has 0 atom stereocenters. The minimum Gasteiger partial charge on any atom is -0.362 e. The Hall–Kier alpha value is -1.32. The topological polar surface area (TPSA) is 32.9 Å². The van der Waals surface area contributed by atoms with Crippen LogP contribution in [-0.2, 0) is 0 Å². The fourth-order valence-corrected chi connectivity index (χ4v) is 2.11. The number of carbonyl (C=O) groups is 1. The number of hydrogen-bond acceptors (Lipinski definition) is 2. The standard InChI is InChI=1S/C11H8ClNOS/c12-11-6-5-10(15-11)9(14)4-3-8-2-1-7-13-8/h1-7,13H/b4-3+. The number of H-pyrrole nitrogens is 1. The number of rotatable bonds is 3. The number of halogens is 1. The molecule has 0 amide bonds. The van der Waals surface area contributed by atoms with E-state index in [0.717, 1.165) is 5.69 Å². The lowest BCUT2D eigenvalue weighted by Gasteiger charge is -1.87. The zero-order chi connectivity index (χ0) is 10.7. The Morgan fingerprint density at radius 3 is 2.87 bits per heavy atom. The highest BCUT2D eigenvalue weighted by Gasteiger charge is 2.04. The molecule has 2 aromatic heterocycles. The SMILES string of the molecule is O=C(/C=C/c1ccc[nH]1)c1ccc(Cl)s1. The molecule has 0 aliphatic heterocycles. The van der Waals surface area contributed by atoms with E-state index in [4.69, 9.17) is 11.6 Å². The summed E-state index contributed by atoms with van der Waals surface area (Å²) >= 11 is 7.03. The molecule has 2 nitrogen and oxygen atoms in total. The van der Waals surface area contributed by atoms with Crippen LogP contribution in [0, 0.1) is 0 Å². The third-order valence-electron chi connectivity index (χ3n) is 1.85. The number of hydrogen-bond donors (Lipinski definition) is 1. The van der Waals surface area contributed by atoms with Gasteiger partial charge in [-0.25, -0.2) is 0 Å². The summed E-state index contributed by atoms with van der Waals surface area (Å²) in [6.07, 6.45) is 5.09. The molecule has 0 aliphatic carbocycles. The van der Waals surface area contributed by atoms with Crippen molar-refractivity contribution in [3.05, 3.63) is 51.4 Å². The summed E-state index contributed by atoms with van der Waals surface area (Å²) in [5.74, 6) is -0.0264. The van der Waals surface area contributed by atoms with Gasteiger partial charge in [0.05, 0.1) is 9.21 Å². The van der Waals surface area contributed by atoms with Crippen LogP contribution in [0.4, 0.5) is 0 Å². The Bertz CT molecular complexity index is 484. The van der Waals surface area contributed by atoms with Crippen LogP contribution in [0.3, 0.4) is 0 Å². The Morgan fingerprint density at radius 1 is 1.40 bits per heavy atom. The summed E-state index contributed by atoms with van der Waals surface area (Å²) in [5, 5.41) is 0. The van der Waals surface area contributed by atoms with Crippen molar-refractivity contribution in [2.24, 2.45) is 0 Å². The molecule has 0 saturated heterocycles. The van der Waals surface area contributed by atoms with Crippen LogP contribution in [0.2, 0.25) is 4.34 Å². The van der Waals surface area contributed by atoms with E-state index in [1.54, 1.807) is 18.2 Å². The van der Waals surface area contributed by atoms with Gasteiger partial charge in [-0.05, 0) is 36.4 Å². The van der Waals surface area contributed by atoms with Crippen LogP contribution in [-0.4, -0.2) is 10.8 Å². The van der Waals surface area contributed by atoms with Crippen LogP contribution in [0.15, 0.2) is 36.5 Å². The molecule has 0 spiro atoms. The maximum absolute atomic E-state index is 11.6. The monoisotopic (exact) mass is 237 g/mol. The summed E-state index contributed by atoms with van der Waals surface area (Å²) in [7, 11) is 0. The smallest absolute Gasteiger partial charge is 0.195 e. The molecule has 1 N–H and O–H groups in total. The first-order chi connectivity index (χ1) is 7.25. The fraction of sp³-hybridized carbons (Fsp3) is 0. The highest BCUT2D eigenvalue weighted by molar-refractivity contribution is 7.18. The Morgan fingerprint density at radius 2 is 2.27 bits per heavy atom. The Balaban J connectivity index is 2.10. The van der Waals surface area contributed by atoms with Gasteiger partial charge in [0.2, 0.25) is 0 Å². The molecule has 0 fully saturated rings. The normalized spacial score (nSPS) is 11.0. The molecule has 76 valence electrons. The molecule has 0 radical (unpaired) electrons. The number of allylic oxidation sites excluding steroid dienone is 1. The maximum Gasteiger partial charge on any atom is 0.195 e. The van der Waals surface area contributed by atoms with Crippen molar-refractivity contribution in [3.63, 3.8) is 0 Å². The number of thiophene rings is 1. The van der Waals surface area contributed by atoms with E-state index in [9.17, 15) is 4.79 Å². The summed E-state index contributed by atoms with van der Waals surface area (Å²) in [6.45, 7) is 0. The van der Waals surface area contributed by atoms with E-state index >= 15 is 0 Å². The van der Waals surface area contributed by atoms with Gasteiger partial charge in [-0.15, -0.1) is 11.3 Å². The number of aromatic amines is 1. The fourth-order valence-electron chi connectivity index (χ4n) is 1.14. The molecular formula is C11H8ClNOS. The molecular weight excluding hydrogens is 230 g/mol. The highest BCUT2D eigenvalue weighted by atomic mass is 35.5. The zero-order valence-electron chi connectivity index (χ0n) is 7.74. The molecule has 0 aromatic carbocycles. The first-order valence-electron chi connectivity index (χ1n) is 4.37. The van der Waals surface area contributed by atoms with Gasteiger partial charge < -0.3 is 4.98 Å². The second-order valence-electron chi connectivity index (χ2n) is 2.93. The third kappa shape index (κ3) is 2.58. The van der Waals surface area contributed by atoms with Crippen molar-refractivity contribution >= 4 is 34.8 Å². The molecule has 2 aromatic rings. The number of ketones is 1. The van der Waals surface area contributed by atoms with Crippen LogP contribution in [0.25, 0.3) is 6.08 Å². The predicted octanol–water partition coefficient (Wildman–Crippen LogP) is 3.63. The molecule has 4 heteroatoms. The lowest BCUT2D eigenvalue weighted by atomic mass is 10.3. The summed E-state index contributed by atoms with van der Waals surface area (Å²) in [6, 6.07) is 7.23. The van der Waals surface area contributed by atoms with Gasteiger partial charge in [-0.1, -0.05) is 11.6 Å². The number of carbonyl (C=O) groups excluding carboxylic acids is 1. The van der Waals surface area contributed by atoms with Crippen molar-refractivity contribution in [2.45, 2.75) is 0 Å². The van der Waals surface area contributed by atoms with Crippen molar-refractivity contribution in [2.75, 3.05) is 0 Å². The molecule has 2 rings (SSSR count). The van der Waals surface area contributed by atoms with Crippen molar-refractivity contribution in [1.29, 1.82) is 0 Å². The molecule has 0 saturated carbocycles. The summed E-state index contributed by atoms with van der Waals surface area (Å²) < 4.78 is 0.631. The van der Waals surface area contributed by atoms with Gasteiger partial charge in [0.1, 0.15) is 0 Å². The summed E-state index contributed by atoms with van der Waals surface area (Å²) in [4.78, 5) is 15.2. The van der Waals surface area contributed by atoms with Gasteiger partial charge in [0.15, 0.2) is 5.78 Å². The van der Waals surface area contributed by atoms with E-state index in [-0.39, 0.29) is 5.78 Å². The van der Waals surface area contributed by atoms with Crippen molar-refractivity contribution in [3.8, 4) is 0 Å². The van der Waals surface area contributed by atoms with Gasteiger partial charge in [0.25, 0.3) is 0 Å². The lowest BCUT2D eigenvalue weighted by molar-refractivity contribution is 0.105. The van der Waals surface area contributed by atoms with E-state index in [2.05, 4.69) is 4.98 Å². The molecule has 0 unspecified atom stereocenters. The third-order valence-corrected chi connectivity index (χ3v) is 3.10. The van der Waals surface area contributed by atoms with Crippen LogP contribution >= 0.6 is 22.9 Å². The number of nitrogens with one attached hydrogen (secondary N) is 1. The van der Waals surface area contributed by atoms with Gasteiger partial charge >= 0.3 is 0 Å². The Labute approximate surface area is 96.2 Å². The van der Waals surface area contributed by atoms with Crippen LogP contribution in [0.1, 0.15) is 15.4 Å². The van der Waals surface area contributed by atoms with E-state index in [1.807, 2.05) is 18.3 Å². The minimum atomic E-state index is -0.0264. The van der Waals surface area contributed by atoms with Crippen molar-refractivity contribution < 1.29 is 4.79 Å². The lowest BCUT2D eigenvalue weighted by Crippen LogP contribution is -1.88. The summed E-state index contributed by atoms with van der Waals surface area (Å²) in [5.41, 5.74) is 0.908. The Kier molecular flexibility index (Phi) is 3.04. The number of aromatic nitrogens is 1. The second-order valence-corrected chi connectivity index (χ2v) is 4.64. The first-order valence-corrected chi connectivity index (χ1v) is 5.56. The molecule has 15 heavy (non-hydrogen) atoms. The van der Waals surface area contributed by atoms with E-state index in [0.29, 0.717) is 9.21 Å². The van der Waals surface area contributed by atoms with E-state index < -0.39 is 0 Å². The highest BCUT2D eigenvalue weighted by Crippen LogP contribution is 2.22. The largest absolute Gasteiger partial charge is 0.362 e. The van der Waals surface area contributed by atoms with Crippen LogP contribution in [0.5, 0.6) is 0 Å². The quantitative estimate of drug-likeness (QED) is 0.642. The minimum absolute atomic E-state index is 0.0264. The molecule has 2 heterocycles. The first kappa shape index (κ1) is 10.2. The van der Waals surface area contributed by atoms with E-state index in [1.165, 1.54) is 17.4 Å². The average molecular weight is 238 g/mol.